The van der Waals surface area contributed by atoms with Gasteiger partial charge in [0.1, 0.15) is 0 Å². The maximum Gasteiger partial charge on any atom is 0.250 e. The third kappa shape index (κ3) is 5.61. The molecule has 0 fully saturated rings. The summed E-state index contributed by atoms with van der Waals surface area (Å²) in [6, 6.07) is 14.9. The van der Waals surface area contributed by atoms with Gasteiger partial charge in [-0.3, -0.25) is 4.79 Å². The van der Waals surface area contributed by atoms with Gasteiger partial charge in [-0.2, -0.15) is 5.10 Å². The molecule has 0 saturated carbocycles. The lowest BCUT2D eigenvalue weighted by atomic mass is 10.2. The summed E-state index contributed by atoms with van der Waals surface area (Å²) in [5.41, 5.74) is 7.19. The number of hydrazone groups is 1. The van der Waals surface area contributed by atoms with E-state index in [4.69, 9.17) is 34.8 Å². The summed E-state index contributed by atoms with van der Waals surface area (Å²) in [4.78, 5) is 12.1. The molecule has 0 radical (unpaired) electrons. The summed E-state index contributed by atoms with van der Waals surface area (Å²) in [6.45, 7) is 3.94. The molecule has 3 rings (SSSR count). The molecule has 0 saturated heterocycles. The number of halogens is 3. The van der Waals surface area contributed by atoms with Crippen LogP contribution in [0, 0.1) is 13.8 Å². The minimum absolute atomic E-state index is 0.171. The number of nitrogens with zero attached hydrogens (tertiary/aromatic N) is 2. The first-order valence-corrected chi connectivity index (χ1v) is 11.4. The molecule has 0 spiro atoms. The molecule has 30 heavy (non-hydrogen) atoms. The van der Waals surface area contributed by atoms with Crippen LogP contribution in [0.1, 0.15) is 22.5 Å². The molecule has 4 nitrogen and oxygen atoms in total. The van der Waals surface area contributed by atoms with Crippen molar-refractivity contribution >= 4 is 58.7 Å². The van der Waals surface area contributed by atoms with Crippen LogP contribution in [0.25, 0.3) is 5.69 Å². The van der Waals surface area contributed by atoms with Crippen LogP contribution in [0.3, 0.4) is 0 Å². The zero-order valence-electron chi connectivity index (χ0n) is 16.5. The average Bonchev–Trinajstić information content (AvgIpc) is 2.98. The molecule has 2 aromatic carbocycles. The third-order valence-corrected chi connectivity index (χ3v) is 6.37. The lowest BCUT2D eigenvalue weighted by Gasteiger charge is -2.12. The SMILES string of the molecule is Cc1cc(/C=N/NC(=O)CSCc2ccccc2Cl)c(C)n1-c1cc(Cl)ccc1Cl. The molecule has 0 aliphatic carbocycles. The highest BCUT2D eigenvalue weighted by atomic mass is 35.5. The number of thioether (sulfide) groups is 1. The summed E-state index contributed by atoms with van der Waals surface area (Å²) >= 11 is 20.1. The minimum Gasteiger partial charge on any atom is -0.316 e. The van der Waals surface area contributed by atoms with E-state index in [0.29, 0.717) is 26.6 Å². The molecule has 0 bridgehead atoms. The largest absolute Gasteiger partial charge is 0.316 e. The normalized spacial score (nSPS) is 11.2. The van der Waals surface area contributed by atoms with E-state index in [-0.39, 0.29) is 5.91 Å². The van der Waals surface area contributed by atoms with Gasteiger partial charge in [0, 0.05) is 32.7 Å². The number of benzene rings is 2. The fraction of sp³-hybridized carbons (Fsp3) is 0.182. The maximum atomic E-state index is 12.1. The van der Waals surface area contributed by atoms with Crippen molar-refractivity contribution in [1.82, 2.24) is 9.99 Å². The van der Waals surface area contributed by atoms with Crippen LogP contribution >= 0.6 is 46.6 Å². The number of carbonyl (C=O) groups is 1. The first-order valence-electron chi connectivity index (χ1n) is 9.14. The number of aromatic nitrogens is 1. The Balaban J connectivity index is 1.61. The van der Waals surface area contributed by atoms with Crippen molar-refractivity contribution in [3.8, 4) is 5.69 Å². The van der Waals surface area contributed by atoms with Gasteiger partial charge in [-0.05, 0) is 49.7 Å². The number of nitrogens with one attached hydrogen (secondary N) is 1. The first-order chi connectivity index (χ1) is 14.4. The van der Waals surface area contributed by atoms with E-state index in [1.165, 1.54) is 11.8 Å². The highest BCUT2D eigenvalue weighted by molar-refractivity contribution is 7.99. The minimum atomic E-state index is -0.171. The molecule has 0 unspecified atom stereocenters. The Hall–Kier alpha value is -1.92. The lowest BCUT2D eigenvalue weighted by Crippen LogP contribution is -2.19. The number of amides is 1. The third-order valence-electron chi connectivity index (χ3n) is 4.46. The van der Waals surface area contributed by atoms with E-state index in [2.05, 4.69) is 10.5 Å². The predicted octanol–water partition coefficient (Wildman–Crippen LogP) is 6.44. The van der Waals surface area contributed by atoms with Gasteiger partial charge in [-0.15, -0.1) is 11.8 Å². The highest BCUT2D eigenvalue weighted by Gasteiger charge is 2.13. The van der Waals surface area contributed by atoms with E-state index >= 15 is 0 Å². The van der Waals surface area contributed by atoms with Gasteiger partial charge in [0.15, 0.2) is 0 Å². The Morgan fingerprint density at radius 1 is 1.10 bits per heavy atom. The second-order valence-electron chi connectivity index (χ2n) is 6.64. The van der Waals surface area contributed by atoms with E-state index in [1.54, 1.807) is 18.3 Å². The molecule has 0 aliphatic heterocycles. The molecule has 0 aliphatic rings. The molecule has 1 N–H and O–H groups in total. The second-order valence-corrected chi connectivity index (χ2v) is 8.87. The van der Waals surface area contributed by atoms with Gasteiger partial charge in [0.2, 0.25) is 5.91 Å². The Morgan fingerprint density at radius 3 is 2.63 bits per heavy atom. The van der Waals surface area contributed by atoms with Gasteiger partial charge in [-0.25, -0.2) is 5.43 Å². The zero-order valence-corrected chi connectivity index (χ0v) is 19.5. The van der Waals surface area contributed by atoms with Crippen LogP contribution in [0.15, 0.2) is 53.6 Å². The zero-order chi connectivity index (χ0) is 21.7. The van der Waals surface area contributed by atoms with Crippen molar-refractivity contribution in [3.05, 3.63) is 86.1 Å². The van der Waals surface area contributed by atoms with Crippen molar-refractivity contribution in [2.24, 2.45) is 5.10 Å². The number of aryl methyl sites for hydroxylation is 1. The Morgan fingerprint density at radius 2 is 1.87 bits per heavy atom. The van der Waals surface area contributed by atoms with E-state index in [9.17, 15) is 4.79 Å². The number of hydrogen-bond acceptors (Lipinski definition) is 3. The van der Waals surface area contributed by atoms with Gasteiger partial charge < -0.3 is 4.57 Å². The molecular weight excluding hydrogens is 461 g/mol. The number of carbonyl (C=O) groups excluding carboxylic acids is 1. The standard InChI is InChI=1S/C22H20Cl3N3OS/c1-14-9-17(15(2)28(14)21-10-18(23)7-8-20(21)25)11-26-27-22(29)13-30-12-16-5-3-4-6-19(16)24/h3-11H,12-13H2,1-2H3,(H,27,29)/b26-11+. The van der Waals surface area contributed by atoms with Crippen molar-refractivity contribution < 1.29 is 4.79 Å². The second kappa shape index (κ2) is 10.4. The fourth-order valence-electron chi connectivity index (χ4n) is 3.02. The molecule has 3 aromatic rings. The molecule has 1 heterocycles. The van der Waals surface area contributed by atoms with E-state index < -0.39 is 0 Å². The van der Waals surface area contributed by atoms with Crippen LogP contribution in [0.2, 0.25) is 15.1 Å². The molecule has 1 amide bonds. The summed E-state index contributed by atoms with van der Waals surface area (Å²) in [5.74, 6) is 0.785. The average molecular weight is 481 g/mol. The molecule has 1 aromatic heterocycles. The van der Waals surface area contributed by atoms with Crippen molar-refractivity contribution in [2.75, 3.05) is 5.75 Å². The van der Waals surface area contributed by atoms with Gasteiger partial charge in [-0.1, -0.05) is 53.0 Å². The molecule has 0 atom stereocenters. The number of rotatable bonds is 7. The highest BCUT2D eigenvalue weighted by Crippen LogP contribution is 2.28. The molecular formula is C22H20Cl3N3OS. The Bertz CT molecular complexity index is 1100. The Labute approximate surface area is 195 Å². The topological polar surface area (TPSA) is 46.4 Å². The monoisotopic (exact) mass is 479 g/mol. The molecule has 8 heteroatoms. The van der Waals surface area contributed by atoms with Crippen molar-refractivity contribution in [2.45, 2.75) is 19.6 Å². The fourth-order valence-corrected chi connectivity index (χ4v) is 4.50. The van der Waals surface area contributed by atoms with Crippen LogP contribution in [0.4, 0.5) is 0 Å². The summed E-state index contributed by atoms with van der Waals surface area (Å²) in [5, 5.41) is 6.02. The maximum absolute atomic E-state index is 12.1. The Kier molecular flexibility index (Phi) is 7.89. The van der Waals surface area contributed by atoms with Crippen molar-refractivity contribution in [1.29, 1.82) is 0 Å². The van der Waals surface area contributed by atoms with Crippen LogP contribution < -0.4 is 5.43 Å². The van der Waals surface area contributed by atoms with Gasteiger partial charge in [0.25, 0.3) is 0 Å². The predicted molar refractivity (Wildman–Crippen MR) is 129 cm³/mol. The van der Waals surface area contributed by atoms with Gasteiger partial charge >= 0.3 is 0 Å². The summed E-state index contributed by atoms with van der Waals surface area (Å²) in [7, 11) is 0. The van der Waals surface area contributed by atoms with Crippen LogP contribution in [-0.2, 0) is 10.5 Å². The van der Waals surface area contributed by atoms with Gasteiger partial charge in [0.05, 0.1) is 22.7 Å². The smallest absolute Gasteiger partial charge is 0.250 e. The summed E-state index contributed by atoms with van der Waals surface area (Å²) < 4.78 is 2.01. The van der Waals surface area contributed by atoms with Crippen LogP contribution in [-0.4, -0.2) is 22.4 Å². The number of hydrogen-bond donors (Lipinski definition) is 1. The quantitative estimate of drug-likeness (QED) is 0.312. The van der Waals surface area contributed by atoms with Crippen LogP contribution in [0.5, 0.6) is 0 Å². The van der Waals surface area contributed by atoms with E-state index in [0.717, 1.165) is 28.2 Å². The van der Waals surface area contributed by atoms with Crippen molar-refractivity contribution in [3.63, 3.8) is 0 Å². The summed E-state index contributed by atoms with van der Waals surface area (Å²) in [6.07, 6.45) is 1.63. The van der Waals surface area contributed by atoms with E-state index in [1.807, 2.05) is 54.8 Å². The first kappa shape index (κ1) is 22.8. The molecule has 156 valence electrons. The lowest BCUT2D eigenvalue weighted by molar-refractivity contribution is -0.118.